The van der Waals surface area contributed by atoms with Crippen LogP contribution < -0.4 is 10.6 Å². The Morgan fingerprint density at radius 3 is 2.33 bits per heavy atom. The Labute approximate surface area is 152 Å². The molecule has 0 bridgehead atoms. The van der Waals surface area contributed by atoms with Crippen LogP contribution in [0.2, 0.25) is 15.1 Å². The van der Waals surface area contributed by atoms with Gasteiger partial charge in [-0.1, -0.05) is 34.8 Å². The number of carbonyl (C=O) groups is 1. The number of rotatable bonds is 4. The third-order valence-corrected chi connectivity index (χ3v) is 3.87. The van der Waals surface area contributed by atoms with E-state index >= 15 is 0 Å². The van der Waals surface area contributed by atoms with Gasteiger partial charge in [0.1, 0.15) is 17.5 Å². The Morgan fingerprint density at radius 1 is 1.04 bits per heavy atom. The van der Waals surface area contributed by atoms with Crippen molar-refractivity contribution in [3.8, 4) is 6.07 Å². The lowest BCUT2D eigenvalue weighted by Crippen LogP contribution is -2.14. The molecule has 0 aliphatic carbocycles. The third-order valence-electron chi connectivity index (χ3n) is 2.85. The zero-order valence-corrected chi connectivity index (χ0v) is 14.2. The molecule has 0 aliphatic rings. The SMILES string of the molecule is N#C/C(=C/Nc1ccc(F)c(Cl)c1)C(=O)Nc1ccc(Cl)c(Cl)c1. The van der Waals surface area contributed by atoms with Crippen molar-refractivity contribution in [3.05, 3.63) is 69.1 Å². The number of carbonyl (C=O) groups excluding carboxylic acids is 1. The zero-order valence-electron chi connectivity index (χ0n) is 11.9. The van der Waals surface area contributed by atoms with Crippen LogP contribution in [0.3, 0.4) is 0 Å². The van der Waals surface area contributed by atoms with Gasteiger partial charge in [-0.2, -0.15) is 5.26 Å². The molecule has 8 heteroatoms. The predicted molar refractivity (Wildman–Crippen MR) is 93.8 cm³/mol. The first-order chi connectivity index (χ1) is 11.4. The highest BCUT2D eigenvalue weighted by molar-refractivity contribution is 6.42. The van der Waals surface area contributed by atoms with Crippen LogP contribution in [0.1, 0.15) is 0 Å². The minimum absolute atomic E-state index is 0.0767. The Hall–Kier alpha value is -2.26. The maximum absolute atomic E-state index is 13.1. The number of nitrogens with zero attached hydrogens (tertiary/aromatic N) is 1. The van der Waals surface area contributed by atoms with Crippen LogP contribution in [-0.2, 0) is 4.79 Å². The standard InChI is InChI=1S/C16H9Cl3FN3O/c17-12-3-1-11(6-13(12)18)23-16(24)9(7-21)8-22-10-2-4-15(20)14(19)5-10/h1-6,8,22H,(H,23,24)/b9-8-. The molecular weight excluding hydrogens is 376 g/mol. The molecule has 0 unspecified atom stereocenters. The number of hydrogen-bond donors (Lipinski definition) is 2. The van der Waals surface area contributed by atoms with Crippen molar-refractivity contribution in [3.63, 3.8) is 0 Å². The summed E-state index contributed by atoms with van der Waals surface area (Å²) in [6, 6.07) is 10.2. The van der Waals surface area contributed by atoms with Crippen molar-refractivity contribution >= 4 is 52.1 Å². The number of anilines is 2. The number of amides is 1. The Morgan fingerprint density at radius 2 is 1.71 bits per heavy atom. The topological polar surface area (TPSA) is 64.9 Å². The quantitative estimate of drug-likeness (QED) is 0.559. The second-order valence-corrected chi connectivity index (χ2v) is 5.75. The van der Waals surface area contributed by atoms with E-state index in [9.17, 15) is 9.18 Å². The van der Waals surface area contributed by atoms with Crippen LogP contribution in [0, 0.1) is 17.1 Å². The van der Waals surface area contributed by atoms with E-state index in [1.165, 1.54) is 36.5 Å². The van der Waals surface area contributed by atoms with E-state index in [-0.39, 0.29) is 15.6 Å². The molecule has 0 saturated heterocycles. The first-order valence-electron chi connectivity index (χ1n) is 6.49. The van der Waals surface area contributed by atoms with E-state index < -0.39 is 11.7 Å². The number of nitriles is 1. The first kappa shape index (κ1) is 18.1. The van der Waals surface area contributed by atoms with Crippen LogP contribution in [0.4, 0.5) is 15.8 Å². The molecule has 0 spiro atoms. The van der Waals surface area contributed by atoms with Crippen molar-refractivity contribution in [2.75, 3.05) is 10.6 Å². The largest absolute Gasteiger partial charge is 0.360 e. The predicted octanol–water partition coefficient (Wildman–Crippen LogP) is 5.24. The van der Waals surface area contributed by atoms with E-state index in [0.717, 1.165) is 0 Å². The van der Waals surface area contributed by atoms with Gasteiger partial charge in [0.25, 0.3) is 5.91 Å². The molecule has 2 aromatic carbocycles. The van der Waals surface area contributed by atoms with Crippen molar-refractivity contribution in [1.29, 1.82) is 5.26 Å². The second-order valence-electron chi connectivity index (χ2n) is 4.53. The maximum atomic E-state index is 13.1. The molecular formula is C16H9Cl3FN3O. The molecule has 4 nitrogen and oxygen atoms in total. The summed E-state index contributed by atoms with van der Waals surface area (Å²) in [5.41, 5.74) is 0.624. The minimum atomic E-state index is -0.642. The Balaban J connectivity index is 2.11. The van der Waals surface area contributed by atoms with Crippen molar-refractivity contribution in [1.82, 2.24) is 0 Å². The molecule has 122 valence electrons. The van der Waals surface area contributed by atoms with Crippen molar-refractivity contribution in [2.24, 2.45) is 0 Å². The minimum Gasteiger partial charge on any atom is -0.360 e. The highest BCUT2D eigenvalue weighted by atomic mass is 35.5. The van der Waals surface area contributed by atoms with Gasteiger partial charge in [0.05, 0.1) is 15.1 Å². The van der Waals surface area contributed by atoms with Crippen molar-refractivity contribution < 1.29 is 9.18 Å². The smallest absolute Gasteiger partial charge is 0.267 e. The molecule has 0 aromatic heterocycles. The molecule has 2 aromatic rings. The van der Waals surface area contributed by atoms with Gasteiger partial charge in [-0.3, -0.25) is 4.79 Å². The molecule has 2 rings (SSSR count). The average molecular weight is 385 g/mol. The molecule has 1 amide bonds. The molecule has 2 N–H and O–H groups in total. The number of hydrogen-bond acceptors (Lipinski definition) is 3. The number of halogens is 4. The lowest BCUT2D eigenvalue weighted by Gasteiger charge is -2.06. The van der Waals surface area contributed by atoms with E-state index in [2.05, 4.69) is 10.6 Å². The van der Waals surface area contributed by atoms with Gasteiger partial charge in [-0.15, -0.1) is 0 Å². The van der Waals surface area contributed by atoms with Gasteiger partial charge in [0.15, 0.2) is 0 Å². The second kappa shape index (κ2) is 8.02. The summed E-state index contributed by atoms with van der Waals surface area (Å²) in [6.07, 6.45) is 1.19. The lowest BCUT2D eigenvalue weighted by molar-refractivity contribution is -0.112. The first-order valence-corrected chi connectivity index (χ1v) is 7.62. The summed E-state index contributed by atoms with van der Waals surface area (Å²) in [4.78, 5) is 12.1. The normalized spacial score (nSPS) is 10.9. The van der Waals surface area contributed by atoms with E-state index in [0.29, 0.717) is 16.4 Å². The van der Waals surface area contributed by atoms with E-state index in [1.54, 1.807) is 12.1 Å². The van der Waals surface area contributed by atoms with Gasteiger partial charge >= 0.3 is 0 Å². The van der Waals surface area contributed by atoms with E-state index in [1.807, 2.05) is 0 Å². The highest BCUT2D eigenvalue weighted by Crippen LogP contribution is 2.25. The summed E-state index contributed by atoms with van der Waals surface area (Å²) in [6.45, 7) is 0. The fourth-order valence-corrected chi connectivity index (χ4v) is 2.14. The van der Waals surface area contributed by atoms with E-state index in [4.69, 9.17) is 40.1 Å². The average Bonchev–Trinajstić information content (AvgIpc) is 2.55. The molecule has 0 radical (unpaired) electrons. The van der Waals surface area contributed by atoms with Crippen LogP contribution in [-0.4, -0.2) is 5.91 Å². The van der Waals surface area contributed by atoms with Crippen LogP contribution >= 0.6 is 34.8 Å². The molecule has 0 aliphatic heterocycles. The fourth-order valence-electron chi connectivity index (χ4n) is 1.66. The summed E-state index contributed by atoms with van der Waals surface area (Å²) < 4.78 is 13.1. The third kappa shape index (κ3) is 4.62. The zero-order chi connectivity index (χ0) is 17.7. The van der Waals surface area contributed by atoms with Gasteiger partial charge < -0.3 is 10.6 Å². The summed E-state index contributed by atoms with van der Waals surface area (Å²) in [7, 11) is 0. The van der Waals surface area contributed by atoms with Crippen LogP contribution in [0.25, 0.3) is 0 Å². The summed E-state index contributed by atoms with van der Waals surface area (Å²) in [5, 5.41) is 14.9. The number of benzene rings is 2. The monoisotopic (exact) mass is 383 g/mol. The van der Waals surface area contributed by atoms with Gasteiger partial charge in [0, 0.05) is 17.6 Å². The molecule has 0 saturated carbocycles. The molecule has 24 heavy (non-hydrogen) atoms. The van der Waals surface area contributed by atoms with Gasteiger partial charge in [-0.25, -0.2) is 4.39 Å². The summed E-state index contributed by atoms with van der Waals surface area (Å²) in [5.74, 6) is -1.21. The molecule has 0 atom stereocenters. The highest BCUT2D eigenvalue weighted by Gasteiger charge is 2.10. The molecule has 0 fully saturated rings. The lowest BCUT2D eigenvalue weighted by atomic mass is 10.2. The fraction of sp³-hybridized carbons (Fsp3) is 0. The van der Waals surface area contributed by atoms with Gasteiger partial charge in [-0.05, 0) is 36.4 Å². The van der Waals surface area contributed by atoms with Gasteiger partial charge in [0.2, 0.25) is 0 Å². The van der Waals surface area contributed by atoms with Crippen LogP contribution in [0.5, 0.6) is 0 Å². The maximum Gasteiger partial charge on any atom is 0.267 e. The van der Waals surface area contributed by atoms with Crippen LogP contribution in [0.15, 0.2) is 48.2 Å². The Kier molecular flexibility index (Phi) is 6.04. The summed E-state index contributed by atoms with van der Waals surface area (Å²) >= 11 is 17.3. The number of nitrogens with one attached hydrogen (secondary N) is 2. The molecule has 0 heterocycles. The Bertz CT molecular complexity index is 862. The van der Waals surface area contributed by atoms with Crippen molar-refractivity contribution in [2.45, 2.75) is 0 Å².